The predicted octanol–water partition coefficient (Wildman–Crippen LogP) is 2.48. The third-order valence-electron chi connectivity index (χ3n) is 4.20. The third-order valence-corrected chi connectivity index (χ3v) is 4.20. The summed E-state index contributed by atoms with van der Waals surface area (Å²) in [4.78, 5) is 2.61. The van der Waals surface area contributed by atoms with Crippen molar-refractivity contribution in [2.45, 2.75) is 52.5 Å². The summed E-state index contributed by atoms with van der Waals surface area (Å²) in [5.74, 6) is 1.64. The van der Waals surface area contributed by atoms with Crippen molar-refractivity contribution in [2.75, 3.05) is 19.6 Å². The zero-order valence-corrected chi connectivity index (χ0v) is 10.9. The largest absolute Gasteiger partial charge is 0.329 e. The second kappa shape index (κ2) is 5.31. The molecule has 2 nitrogen and oxygen atoms in total. The fraction of sp³-hybridized carbons (Fsp3) is 1.00. The number of rotatable bonds is 7. The van der Waals surface area contributed by atoms with Crippen LogP contribution in [0.15, 0.2) is 0 Å². The maximum atomic E-state index is 6.00. The molecule has 1 aliphatic carbocycles. The Labute approximate surface area is 95.2 Å². The summed E-state index contributed by atoms with van der Waals surface area (Å²) in [5.41, 5.74) is 6.26. The molecule has 0 aromatic heterocycles. The maximum Gasteiger partial charge on any atom is 0.0331 e. The van der Waals surface area contributed by atoms with Crippen LogP contribution in [-0.4, -0.2) is 30.1 Å². The molecule has 1 fully saturated rings. The normalized spacial score (nSPS) is 22.8. The van der Waals surface area contributed by atoms with Gasteiger partial charge >= 0.3 is 0 Å². The van der Waals surface area contributed by atoms with Gasteiger partial charge in [-0.2, -0.15) is 0 Å². The van der Waals surface area contributed by atoms with Crippen LogP contribution in [0.25, 0.3) is 0 Å². The van der Waals surface area contributed by atoms with Crippen LogP contribution in [0.4, 0.5) is 0 Å². The van der Waals surface area contributed by atoms with Gasteiger partial charge in [-0.15, -0.1) is 0 Å². The Kier molecular flexibility index (Phi) is 4.60. The predicted molar refractivity (Wildman–Crippen MR) is 66.9 cm³/mol. The molecule has 1 rings (SSSR count). The number of likely N-dealkylation sites (N-methyl/N-ethyl adjacent to an activating group) is 1. The van der Waals surface area contributed by atoms with Crippen LogP contribution in [0.5, 0.6) is 0 Å². The molecule has 0 spiro atoms. The lowest BCUT2D eigenvalue weighted by atomic mass is 9.92. The average molecular weight is 212 g/mol. The van der Waals surface area contributed by atoms with Gasteiger partial charge in [-0.3, -0.25) is 4.90 Å². The van der Waals surface area contributed by atoms with Crippen LogP contribution in [0.3, 0.4) is 0 Å². The van der Waals surface area contributed by atoms with Crippen LogP contribution < -0.4 is 5.73 Å². The lowest BCUT2D eigenvalue weighted by Crippen LogP contribution is -2.54. The number of hydrogen-bond acceptors (Lipinski definition) is 2. The van der Waals surface area contributed by atoms with Crippen molar-refractivity contribution in [1.82, 2.24) is 4.90 Å². The van der Waals surface area contributed by atoms with Crippen molar-refractivity contribution in [1.29, 1.82) is 0 Å². The molecule has 0 amide bonds. The van der Waals surface area contributed by atoms with Gasteiger partial charge in [0, 0.05) is 18.6 Å². The smallest absolute Gasteiger partial charge is 0.0331 e. The Morgan fingerprint density at radius 3 is 2.33 bits per heavy atom. The van der Waals surface area contributed by atoms with Crippen LogP contribution in [-0.2, 0) is 0 Å². The second-order valence-electron chi connectivity index (χ2n) is 5.39. The first kappa shape index (κ1) is 13.0. The number of nitrogens with two attached hydrogens (primary N) is 1. The monoisotopic (exact) mass is 212 g/mol. The maximum absolute atomic E-state index is 6.00. The molecule has 15 heavy (non-hydrogen) atoms. The summed E-state index contributed by atoms with van der Waals surface area (Å²) >= 11 is 0. The first-order valence-corrected chi connectivity index (χ1v) is 6.53. The standard InChI is InChI=1S/C13H28N2/c1-5-11(3)9-15(6-2)13(4,10-14)12-7-8-12/h11-12H,5-10,14H2,1-4H3. The quantitative estimate of drug-likeness (QED) is 0.702. The van der Waals surface area contributed by atoms with E-state index in [4.69, 9.17) is 5.73 Å². The molecule has 2 atom stereocenters. The van der Waals surface area contributed by atoms with E-state index in [1.165, 1.54) is 25.8 Å². The summed E-state index contributed by atoms with van der Waals surface area (Å²) in [5, 5.41) is 0. The lowest BCUT2D eigenvalue weighted by Gasteiger charge is -2.42. The fourth-order valence-corrected chi connectivity index (χ4v) is 2.46. The van der Waals surface area contributed by atoms with E-state index in [1.807, 2.05) is 0 Å². The van der Waals surface area contributed by atoms with Gasteiger partial charge in [0.05, 0.1) is 0 Å². The molecule has 2 heteroatoms. The third kappa shape index (κ3) is 2.94. The Morgan fingerprint density at radius 1 is 1.40 bits per heavy atom. The molecule has 1 saturated carbocycles. The Hall–Kier alpha value is -0.0800. The Balaban J connectivity index is 2.61. The lowest BCUT2D eigenvalue weighted by molar-refractivity contribution is 0.0788. The van der Waals surface area contributed by atoms with E-state index in [0.717, 1.165) is 24.9 Å². The van der Waals surface area contributed by atoms with Crippen molar-refractivity contribution in [3.05, 3.63) is 0 Å². The molecule has 1 aliphatic rings. The topological polar surface area (TPSA) is 29.3 Å². The minimum absolute atomic E-state index is 0.262. The van der Waals surface area contributed by atoms with Gasteiger partial charge in [0.15, 0.2) is 0 Å². The molecule has 0 radical (unpaired) electrons. The molecule has 2 unspecified atom stereocenters. The van der Waals surface area contributed by atoms with Crippen LogP contribution in [0, 0.1) is 11.8 Å². The molecule has 0 aromatic rings. The van der Waals surface area contributed by atoms with Crippen molar-refractivity contribution in [3.63, 3.8) is 0 Å². The zero-order valence-electron chi connectivity index (χ0n) is 10.9. The van der Waals surface area contributed by atoms with E-state index in [2.05, 4.69) is 32.6 Å². The Bertz CT molecular complexity index is 189. The van der Waals surface area contributed by atoms with E-state index in [9.17, 15) is 0 Å². The molecule has 0 bridgehead atoms. The summed E-state index contributed by atoms with van der Waals surface area (Å²) in [6.07, 6.45) is 4.03. The van der Waals surface area contributed by atoms with E-state index in [0.29, 0.717) is 0 Å². The highest BCUT2D eigenvalue weighted by Gasteiger charge is 2.44. The molecule has 2 N–H and O–H groups in total. The molecular weight excluding hydrogens is 184 g/mol. The number of hydrogen-bond donors (Lipinski definition) is 1. The minimum atomic E-state index is 0.262. The van der Waals surface area contributed by atoms with E-state index < -0.39 is 0 Å². The highest BCUT2D eigenvalue weighted by atomic mass is 15.2. The molecular formula is C13H28N2. The second-order valence-corrected chi connectivity index (χ2v) is 5.39. The van der Waals surface area contributed by atoms with Gasteiger partial charge in [-0.05, 0) is 38.1 Å². The first-order valence-electron chi connectivity index (χ1n) is 6.53. The molecule has 90 valence electrons. The van der Waals surface area contributed by atoms with E-state index in [1.54, 1.807) is 0 Å². The molecule has 0 saturated heterocycles. The van der Waals surface area contributed by atoms with Crippen LogP contribution >= 0.6 is 0 Å². The molecule has 0 heterocycles. The summed E-state index contributed by atoms with van der Waals surface area (Å²) in [6.45, 7) is 12.4. The van der Waals surface area contributed by atoms with Crippen molar-refractivity contribution in [2.24, 2.45) is 17.6 Å². The van der Waals surface area contributed by atoms with E-state index in [-0.39, 0.29) is 5.54 Å². The van der Waals surface area contributed by atoms with Crippen LogP contribution in [0.2, 0.25) is 0 Å². The van der Waals surface area contributed by atoms with E-state index >= 15 is 0 Å². The SMILES string of the molecule is CCC(C)CN(CC)C(C)(CN)C1CC1. The van der Waals surface area contributed by atoms with Crippen molar-refractivity contribution in [3.8, 4) is 0 Å². The van der Waals surface area contributed by atoms with Gasteiger partial charge in [0.25, 0.3) is 0 Å². The number of nitrogens with zero attached hydrogens (tertiary/aromatic N) is 1. The average Bonchev–Trinajstić information content (AvgIpc) is 3.08. The van der Waals surface area contributed by atoms with Gasteiger partial charge in [-0.25, -0.2) is 0 Å². The minimum Gasteiger partial charge on any atom is -0.329 e. The highest BCUT2D eigenvalue weighted by molar-refractivity contribution is 5.00. The summed E-state index contributed by atoms with van der Waals surface area (Å²) in [7, 11) is 0. The van der Waals surface area contributed by atoms with Gasteiger partial charge in [0.2, 0.25) is 0 Å². The van der Waals surface area contributed by atoms with Gasteiger partial charge in [-0.1, -0.05) is 27.2 Å². The van der Waals surface area contributed by atoms with Gasteiger partial charge in [0.1, 0.15) is 0 Å². The molecule has 0 aliphatic heterocycles. The van der Waals surface area contributed by atoms with Crippen molar-refractivity contribution >= 4 is 0 Å². The first-order chi connectivity index (χ1) is 7.08. The zero-order chi connectivity index (χ0) is 11.5. The summed E-state index contributed by atoms with van der Waals surface area (Å²) < 4.78 is 0. The van der Waals surface area contributed by atoms with Crippen LogP contribution in [0.1, 0.15) is 47.0 Å². The van der Waals surface area contributed by atoms with Crippen molar-refractivity contribution < 1.29 is 0 Å². The molecule has 0 aromatic carbocycles. The van der Waals surface area contributed by atoms with Gasteiger partial charge < -0.3 is 5.73 Å². The summed E-state index contributed by atoms with van der Waals surface area (Å²) in [6, 6.07) is 0. The Morgan fingerprint density at radius 2 is 2.00 bits per heavy atom. The fourth-order valence-electron chi connectivity index (χ4n) is 2.46. The highest BCUT2D eigenvalue weighted by Crippen LogP contribution is 2.42.